The third-order valence-electron chi connectivity index (χ3n) is 5.79. The maximum Gasteiger partial charge on any atom is 0.0499 e. The molecule has 4 nitrogen and oxygen atoms in total. The van der Waals surface area contributed by atoms with Gasteiger partial charge in [0.05, 0.1) is 0 Å². The molecule has 0 heterocycles. The minimum absolute atomic E-state index is 0.0625. The average Bonchev–Trinajstić information content (AvgIpc) is 3.00. The lowest BCUT2D eigenvalue weighted by Gasteiger charge is -2.32. The Morgan fingerprint density at radius 2 is 1.25 bits per heavy atom. The van der Waals surface area contributed by atoms with Crippen LogP contribution in [0.1, 0.15) is 52.4 Å². The zero-order chi connectivity index (χ0) is 14.6. The van der Waals surface area contributed by atoms with E-state index >= 15 is 0 Å². The number of rotatable bonds is 7. The maximum atomic E-state index is 9.54. The van der Waals surface area contributed by atoms with Crippen LogP contribution in [0.15, 0.2) is 0 Å². The largest absolute Gasteiger partial charge is 0.396 e. The van der Waals surface area contributed by atoms with E-state index < -0.39 is 0 Å². The van der Waals surface area contributed by atoms with Gasteiger partial charge in [0.2, 0.25) is 0 Å². The lowest BCUT2D eigenvalue weighted by atomic mass is 9.85. The normalized spacial score (nSPS) is 41.4. The lowest BCUT2D eigenvalue weighted by Crippen LogP contribution is -2.47. The molecule has 4 heteroatoms. The van der Waals surface area contributed by atoms with E-state index in [1.807, 2.05) is 0 Å². The Morgan fingerprint density at radius 1 is 0.850 bits per heavy atom. The first-order valence-corrected chi connectivity index (χ1v) is 8.22. The second kappa shape index (κ2) is 6.73. The van der Waals surface area contributed by atoms with E-state index in [0.29, 0.717) is 12.1 Å². The Morgan fingerprint density at radius 3 is 1.60 bits per heavy atom. The van der Waals surface area contributed by atoms with Crippen LogP contribution in [-0.2, 0) is 0 Å². The van der Waals surface area contributed by atoms with E-state index in [-0.39, 0.29) is 24.0 Å². The molecule has 4 N–H and O–H groups in total. The van der Waals surface area contributed by atoms with E-state index in [4.69, 9.17) is 0 Å². The van der Waals surface area contributed by atoms with Gasteiger partial charge >= 0.3 is 0 Å². The molecule has 0 aromatic carbocycles. The van der Waals surface area contributed by atoms with Crippen LogP contribution in [0.5, 0.6) is 0 Å². The molecule has 2 rings (SSSR count). The zero-order valence-electron chi connectivity index (χ0n) is 13.1. The molecule has 2 saturated carbocycles. The Hall–Kier alpha value is -0.160. The van der Waals surface area contributed by atoms with Gasteiger partial charge in [-0.2, -0.15) is 0 Å². The highest BCUT2D eigenvalue weighted by molar-refractivity contribution is 4.95. The maximum absolute atomic E-state index is 9.54. The minimum Gasteiger partial charge on any atom is -0.396 e. The van der Waals surface area contributed by atoms with Crippen LogP contribution in [0, 0.1) is 10.8 Å². The molecule has 0 radical (unpaired) electrons. The van der Waals surface area contributed by atoms with E-state index in [2.05, 4.69) is 24.5 Å². The van der Waals surface area contributed by atoms with Crippen molar-refractivity contribution in [2.45, 2.75) is 64.5 Å². The van der Waals surface area contributed by atoms with Crippen LogP contribution < -0.4 is 10.6 Å². The molecule has 2 aliphatic carbocycles. The summed E-state index contributed by atoms with van der Waals surface area (Å²) in [6, 6.07) is 0.893. The van der Waals surface area contributed by atoms with Crippen molar-refractivity contribution in [3.8, 4) is 0 Å². The van der Waals surface area contributed by atoms with E-state index in [1.54, 1.807) is 0 Å². The summed E-state index contributed by atoms with van der Waals surface area (Å²) in [7, 11) is 0. The predicted octanol–water partition coefficient (Wildman–Crippen LogP) is 1.27. The topological polar surface area (TPSA) is 64.5 Å². The first-order chi connectivity index (χ1) is 9.54. The monoisotopic (exact) mass is 284 g/mol. The zero-order valence-corrected chi connectivity index (χ0v) is 13.1. The molecular weight excluding hydrogens is 252 g/mol. The summed E-state index contributed by atoms with van der Waals surface area (Å²) in [5.74, 6) is 0. The van der Waals surface area contributed by atoms with Gasteiger partial charge in [0.1, 0.15) is 0 Å². The second-order valence-corrected chi connectivity index (χ2v) is 7.42. The quantitative estimate of drug-likeness (QED) is 0.532. The van der Waals surface area contributed by atoms with Gasteiger partial charge in [-0.3, -0.25) is 0 Å². The first-order valence-electron chi connectivity index (χ1n) is 8.22. The van der Waals surface area contributed by atoms with Crippen LogP contribution in [0.3, 0.4) is 0 Å². The second-order valence-electron chi connectivity index (χ2n) is 7.42. The summed E-state index contributed by atoms with van der Waals surface area (Å²) in [4.78, 5) is 0. The molecule has 0 aromatic heterocycles. The highest BCUT2D eigenvalue weighted by atomic mass is 16.3. The molecule has 2 fully saturated rings. The van der Waals surface area contributed by atoms with E-state index in [1.165, 1.54) is 25.7 Å². The van der Waals surface area contributed by atoms with Gasteiger partial charge in [0.15, 0.2) is 0 Å². The Bertz CT molecular complexity index is 283. The third-order valence-corrected chi connectivity index (χ3v) is 5.79. The number of hydrogen-bond donors (Lipinski definition) is 4. The Labute approximate surface area is 123 Å². The summed E-state index contributed by atoms with van der Waals surface area (Å²) in [5, 5.41) is 26.3. The SMILES string of the molecule is C[C@]1(CO)CCC[C@H]1NCCN[C@@H]1CCC[C@@]1(C)CO. The Kier molecular flexibility index (Phi) is 5.46. The summed E-state index contributed by atoms with van der Waals surface area (Å²) in [6.45, 7) is 6.82. The fourth-order valence-corrected chi connectivity index (χ4v) is 4.03. The number of nitrogens with one attached hydrogen (secondary N) is 2. The van der Waals surface area contributed by atoms with E-state index in [9.17, 15) is 10.2 Å². The summed E-state index contributed by atoms with van der Waals surface area (Å²) >= 11 is 0. The lowest BCUT2D eigenvalue weighted by molar-refractivity contribution is 0.113. The molecule has 4 atom stereocenters. The molecule has 0 bridgehead atoms. The molecule has 0 aliphatic heterocycles. The fourth-order valence-electron chi connectivity index (χ4n) is 4.03. The minimum atomic E-state index is 0.0625. The van der Waals surface area contributed by atoms with Crippen molar-refractivity contribution < 1.29 is 10.2 Å². The fraction of sp³-hybridized carbons (Fsp3) is 1.00. The van der Waals surface area contributed by atoms with E-state index in [0.717, 1.165) is 25.9 Å². The third kappa shape index (κ3) is 3.35. The van der Waals surface area contributed by atoms with Gasteiger partial charge in [-0.15, -0.1) is 0 Å². The number of aliphatic hydroxyl groups excluding tert-OH is 2. The summed E-state index contributed by atoms with van der Waals surface area (Å²) in [6.07, 6.45) is 7.03. The van der Waals surface area contributed by atoms with Crippen LogP contribution in [0.25, 0.3) is 0 Å². The Balaban J connectivity index is 1.69. The molecule has 0 unspecified atom stereocenters. The molecule has 20 heavy (non-hydrogen) atoms. The highest BCUT2D eigenvalue weighted by Crippen LogP contribution is 2.38. The van der Waals surface area contributed by atoms with Crippen LogP contribution in [-0.4, -0.2) is 48.6 Å². The van der Waals surface area contributed by atoms with Crippen molar-refractivity contribution in [3.63, 3.8) is 0 Å². The van der Waals surface area contributed by atoms with Gasteiger partial charge in [-0.25, -0.2) is 0 Å². The van der Waals surface area contributed by atoms with Crippen molar-refractivity contribution in [2.75, 3.05) is 26.3 Å². The molecule has 0 saturated heterocycles. The molecular formula is C16H32N2O2. The first kappa shape index (κ1) is 16.2. The summed E-state index contributed by atoms with van der Waals surface area (Å²) < 4.78 is 0. The molecule has 0 spiro atoms. The van der Waals surface area contributed by atoms with Crippen molar-refractivity contribution in [1.82, 2.24) is 10.6 Å². The van der Waals surface area contributed by atoms with Crippen LogP contribution in [0.2, 0.25) is 0 Å². The van der Waals surface area contributed by atoms with Crippen molar-refractivity contribution in [2.24, 2.45) is 10.8 Å². The van der Waals surface area contributed by atoms with Crippen molar-refractivity contribution >= 4 is 0 Å². The van der Waals surface area contributed by atoms with Gasteiger partial charge in [-0.1, -0.05) is 26.7 Å². The van der Waals surface area contributed by atoms with Gasteiger partial charge in [0.25, 0.3) is 0 Å². The molecule has 2 aliphatic rings. The van der Waals surface area contributed by atoms with Crippen LogP contribution >= 0.6 is 0 Å². The van der Waals surface area contributed by atoms with Crippen molar-refractivity contribution in [3.05, 3.63) is 0 Å². The van der Waals surface area contributed by atoms with Gasteiger partial charge in [-0.05, 0) is 25.7 Å². The predicted molar refractivity (Wildman–Crippen MR) is 81.7 cm³/mol. The van der Waals surface area contributed by atoms with Crippen LogP contribution in [0.4, 0.5) is 0 Å². The standard InChI is InChI=1S/C16H32N2O2/c1-15(11-19)7-3-5-13(15)17-9-10-18-14-6-4-8-16(14,2)12-20/h13-14,17-20H,3-12H2,1-2H3/t13-,14-,15-,16+/m1/s1. The summed E-state index contributed by atoms with van der Waals surface area (Å²) in [5.41, 5.74) is 0.125. The van der Waals surface area contributed by atoms with Crippen molar-refractivity contribution in [1.29, 1.82) is 0 Å². The molecule has 0 amide bonds. The molecule has 0 aromatic rings. The molecule has 118 valence electrons. The number of hydrogen-bond acceptors (Lipinski definition) is 4. The smallest absolute Gasteiger partial charge is 0.0499 e. The number of aliphatic hydroxyl groups is 2. The average molecular weight is 284 g/mol. The van der Waals surface area contributed by atoms with Gasteiger partial charge in [0, 0.05) is 49.2 Å². The van der Waals surface area contributed by atoms with Gasteiger partial charge < -0.3 is 20.8 Å². The highest BCUT2D eigenvalue weighted by Gasteiger charge is 2.39.